The molecule has 2 aliphatic heterocycles. The molecule has 1 unspecified atom stereocenters. The summed E-state index contributed by atoms with van der Waals surface area (Å²) in [5.41, 5.74) is 4.26. The molecule has 0 radical (unpaired) electrons. The number of halogens is 4. The minimum atomic E-state index is -4.47. The fourth-order valence-electron chi connectivity index (χ4n) is 7.35. The third kappa shape index (κ3) is 11.8. The van der Waals surface area contributed by atoms with Crippen LogP contribution in [-0.4, -0.2) is 92.1 Å². The van der Waals surface area contributed by atoms with Gasteiger partial charge in [0, 0.05) is 66.2 Å². The second kappa shape index (κ2) is 21.6. The zero-order chi connectivity index (χ0) is 40.1. The lowest BCUT2D eigenvalue weighted by Crippen LogP contribution is -2.51. The molecule has 2 atom stereocenters. The van der Waals surface area contributed by atoms with E-state index in [1.807, 2.05) is 79.7 Å². The number of sulfonamides is 1. The van der Waals surface area contributed by atoms with Crippen molar-refractivity contribution in [1.82, 2.24) is 19.5 Å². The number of nitrogens with one attached hydrogen (secondary N) is 2. The van der Waals surface area contributed by atoms with Crippen LogP contribution in [0, 0.1) is 10.1 Å². The quantitative estimate of drug-likeness (QED) is 0.0594. The molecule has 1 aromatic heterocycles. The number of hydrogen-bond donors (Lipinski definition) is 2. The monoisotopic (exact) mass is 933 g/mol. The Morgan fingerprint density at radius 3 is 2.42 bits per heavy atom. The summed E-state index contributed by atoms with van der Waals surface area (Å²) in [4.78, 5) is 37.0. The summed E-state index contributed by atoms with van der Waals surface area (Å²) in [6.45, 7) is 3.91. The number of fused-ring (bicyclic) bond motifs is 3. The van der Waals surface area contributed by atoms with E-state index in [9.17, 15) is 23.3 Å². The second-order valence-corrected chi connectivity index (χ2v) is 17.8. The Morgan fingerprint density at radius 2 is 1.70 bits per heavy atom. The van der Waals surface area contributed by atoms with Crippen molar-refractivity contribution in [3.63, 3.8) is 0 Å². The predicted molar refractivity (Wildman–Crippen MR) is 248 cm³/mol. The first kappa shape index (κ1) is 48.5. The van der Waals surface area contributed by atoms with Crippen LogP contribution in [0.15, 0.2) is 119 Å². The van der Waals surface area contributed by atoms with Crippen LogP contribution in [0.3, 0.4) is 0 Å². The zero-order valence-electron chi connectivity index (χ0n) is 32.9. The Kier molecular flexibility index (Phi) is 17.5. The summed E-state index contributed by atoms with van der Waals surface area (Å²) in [6, 6.07) is 31.5. The third-order valence-electron chi connectivity index (χ3n) is 10.2. The molecule has 1 saturated heterocycles. The van der Waals surface area contributed by atoms with Crippen molar-refractivity contribution in [2.75, 3.05) is 56.2 Å². The maximum absolute atomic E-state index is 13.5. The third-order valence-corrected chi connectivity index (χ3v) is 13.0. The van der Waals surface area contributed by atoms with E-state index in [1.54, 1.807) is 17.8 Å². The lowest BCUT2D eigenvalue weighted by Gasteiger charge is -2.38. The van der Waals surface area contributed by atoms with E-state index in [0.717, 1.165) is 60.6 Å². The molecule has 12 nitrogen and oxygen atoms in total. The van der Waals surface area contributed by atoms with Crippen molar-refractivity contribution in [2.45, 2.75) is 41.3 Å². The predicted octanol–water partition coefficient (Wildman–Crippen LogP) is 8.47. The van der Waals surface area contributed by atoms with Crippen molar-refractivity contribution in [2.24, 2.45) is 0 Å². The van der Waals surface area contributed by atoms with Gasteiger partial charge in [0.2, 0.25) is 0 Å². The highest BCUT2D eigenvalue weighted by Gasteiger charge is 2.36. The number of carbonyl (C=O) groups is 1. The topological polar surface area (TPSA) is 141 Å². The van der Waals surface area contributed by atoms with Gasteiger partial charge in [0.25, 0.3) is 21.6 Å². The number of pyridine rings is 1. The Hall–Kier alpha value is -4.12. The highest BCUT2D eigenvalue weighted by atomic mass is 35.5. The van der Waals surface area contributed by atoms with E-state index in [-0.39, 0.29) is 65.5 Å². The first-order valence-corrected chi connectivity index (χ1v) is 21.5. The van der Waals surface area contributed by atoms with Crippen LogP contribution in [0.2, 0.25) is 5.02 Å². The minimum absolute atomic E-state index is 0. The molecule has 320 valence electrons. The Labute approximate surface area is 378 Å². The van der Waals surface area contributed by atoms with Gasteiger partial charge in [0.1, 0.15) is 11.5 Å². The first-order chi connectivity index (χ1) is 27.4. The average Bonchev–Trinajstić information content (AvgIpc) is 3.56. The summed E-state index contributed by atoms with van der Waals surface area (Å²) in [5, 5.41) is 16.2. The van der Waals surface area contributed by atoms with Gasteiger partial charge in [-0.2, -0.15) is 0 Å². The molecule has 0 bridgehead atoms. The van der Waals surface area contributed by atoms with Gasteiger partial charge < -0.3 is 15.1 Å². The number of amides is 1. The maximum Gasteiger partial charge on any atom is 0.293 e. The molecule has 0 saturated carbocycles. The molecule has 2 aliphatic rings. The summed E-state index contributed by atoms with van der Waals surface area (Å²) < 4.78 is 29.1. The molecule has 4 aromatic carbocycles. The van der Waals surface area contributed by atoms with Gasteiger partial charge in [-0.25, -0.2) is 18.1 Å². The van der Waals surface area contributed by atoms with Crippen molar-refractivity contribution >= 4 is 93.7 Å². The summed E-state index contributed by atoms with van der Waals surface area (Å²) in [6.07, 6.45) is 2.74. The van der Waals surface area contributed by atoms with E-state index in [4.69, 9.17) is 11.6 Å². The number of benzene rings is 4. The summed E-state index contributed by atoms with van der Waals surface area (Å²) in [7, 11) is -0.551. The normalized spacial score (nSPS) is 15.1. The fraction of sp³-hybridized carbons (Fsp3) is 0.286. The Balaban J connectivity index is 0.00000265. The molecule has 0 spiro atoms. The lowest BCUT2D eigenvalue weighted by atomic mass is 9.99. The van der Waals surface area contributed by atoms with Crippen molar-refractivity contribution in [3.8, 4) is 11.1 Å². The van der Waals surface area contributed by atoms with E-state index >= 15 is 0 Å². The van der Waals surface area contributed by atoms with Crippen LogP contribution in [0.5, 0.6) is 0 Å². The molecular weight excluding hydrogens is 888 g/mol. The van der Waals surface area contributed by atoms with Gasteiger partial charge in [0.05, 0.1) is 15.4 Å². The van der Waals surface area contributed by atoms with E-state index in [1.165, 1.54) is 29.5 Å². The van der Waals surface area contributed by atoms with Crippen LogP contribution in [0.25, 0.3) is 11.1 Å². The smallest absolute Gasteiger partial charge is 0.293 e. The number of nitro benzene ring substituents is 1. The van der Waals surface area contributed by atoms with E-state index < -0.39 is 26.5 Å². The molecule has 18 heteroatoms. The van der Waals surface area contributed by atoms with Gasteiger partial charge in [-0.3, -0.25) is 19.8 Å². The molecule has 5 aromatic rings. The first-order valence-electron chi connectivity index (χ1n) is 18.7. The number of rotatable bonds is 15. The largest absolute Gasteiger partial charge is 0.376 e. The number of thioether (sulfide) groups is 1. The summed E-state index contributed by atoms with van der Waals surface area (Å²) >= 11 is 7.77. The average molecular weight is 936 g/mol. The molecular formula is C42H47Cl4N7O5S2. The Morgan fingerprint density at radius 1 is 0.983 bits per heavy atom. The van der Waals surface area contributed by atoms with Crippen LogP contribution in [-0.2, 0) is 23.0 Å². The van der Waals surface area contributed by atoms with Crippen LogP contribution in [0.4, 0.5) is 17.2 Å². The maximum atomic E-state index is 13.5. The number of nitro groups is 1. The van der Waals surface area contributed by atoms with Gasteiger partial charge in [-0.1, -0.05) is 66.2 Å². The minimum Gasteiger partial charge on any atom is -0.376 e. The van der Waals surface area contributed by atoms with E-state index in [0.29, 0.717) is 23.6 Å². The van der Waals surface area contributed by atoms with Crippen molar-refractivity contribution in [1.29, 1.82) is 0 Å². The SMILES string of the molecule is CN(C)CC[C@H](CSc1ccccc1)Nc1ccc(S(=O)(=O)NC(=O)c2cnc3c(c2)CC2CN(Cc4ccccc4-c4ccc(Cl)cc4)CCN32)cc1[N+](=O)[O-].Cl.Cl.Cl. The van der Waals surface area contributed by atoms with Crippen molar-refractivity contribution in [3.05, 3.63) is 141 Å². The lowest BCUT2D eigenvalue weighted by molar-refractivity contribution is -0.384. The summed E-state index contributed by atoms with van der Waals surface area (Å²) in [5.74, 6) is 0.573. The number of carbonyl (C=O) groups excluding carboxylic acids is 1. The molecule has 2 N–H and O–H groups in total. The Bertz CT molecular complexity index is 2360. The van der Waals surface area contributed by atoms with Gasteiger partial charge in [0.15, 0.2) is 0 Å². The molecule has 1 fully saturated rings. The van der Waals surface area contributed by atoms with Gasteiger partial charge in [-0.15, -0.1) is 49.0 Å². The second-order valence-electron chi connectivity index (χ2n) is 14.6. The van der Waals surface area contributed by atoms with Gasteiger partial charge in [-0.05, 0) is 98.2 Å². The van der Waals surface area contributed by atoms with Crippen molar-refractivity contribution < 1.29 is 18.1 Å². The van der Waals surface area contributed by atoms with Gasteiger partial charge >= 0.3 is 0 Å². The molecule has 3 heterocycles. The molecule has 60 heavy (non-hydrogen) atoms. The highest BCUT2D eigenvalue weighted by molar-refractivity contribution is 7.99. The van der Waals surface area contributed by atoms with Crippen LogP contribution < -0.4 is 14.9 Å². The fourth-order valence-corrected chi connectivity index (χ4v) is 9.47. The molecule has 7 rings (SSSR count). The van der Waals surface area contributed by atoms with Crippen LogP contribution >= 0.6 is 60.6 Å². The zero-order valence-corrected chi connectivity index (χ0v) is 37.7. The highest BCUT2D eigenvalue weighted by Crippen LogP contribution is 2.35. The number of piperazine rings is 1. The van der Waals surface area contributed by atoms with Crippen LogP contribution in [0.1, 0.15) is 27.9 Å². The standard InChI is InChI=1S/C42H44ClN7O5S2.3ClH/c1-47(2)19-18-34(28-56-36-9-4-3-5-10-36)45-39-17-16-37(24-40(39)50(52)53)57(54,55)46-42(51)32-22-31-23-35-27-48(20-21-49(35)41(31)44-25-32)26-30-8-6-7-11-38(30)29-12-14-33(43)15-13-29;;;/h3-17,22,24-25,34-35,45H,18-21,23,26-28H2,1-2H3,(H,46,51);3*1H/t34-,35?;;;/m1.../s1. The number of aromatic nitrogens is 1. The number of hydrogen-bond acceptors (Lipinski definition) is 11. The molecule has 1 amide bonds. The number of nitrogens with zero attached hydrogens (tertiary/aromatic N) is 5. The van der Waals surface area contributed by atoms with E-state index in [2.05, 4.69) is 43.0 Å². The number of anilines is 2. The molecule has 0 aliphatic carbocycles.